The molecule has 0 aromatic heterocycles. The summed E-state index contributed by atoms with van der Waals surface area (Å²) in [5.41, 5.74) is 1.74. The molecule has 194 valence electrons. The Hall–Kier alpha value is -1.54. The van der Waals surface area contributed by atoms with Gasteiger partial charge in [-0.2, -0.15) is 5.06 Å². The lowest BCUT2D eigenvalue weighted by molar-refractivity contribution is -0.162. The molecule has 9 heteroatoms. The number of amides is 1. The Labute approximate surface area is 214 Å². The molecule has 0 aliphatic carbocycles. The van der Waals surface area contributed by atoms with Gasteiger partial charge < -0.3 is 14.8 Å². The summed E-state index contributed by atoms with van der Waals surface area (Å²) in [7, 11) is 0. The first-order chi connectivity index (χ1) is 15.7. The third-order valence-corrected chi connectivity index (χ3v) is 4.85. The van der Waals surface area contributed by atoms with Crippen LogP contribution in [-0.2, 0) is 32.1 Å². The van der Waals surface area contributed by atoms with Gasteiger partial charge in [0.2, 0.25) is 0 Å². The Bertz CT molecular complexity index is 754. The lowest BCUT2D eigenvalue weighted by Crippen LogP contribution is -2.42. The molecule has 0 fully saturated rings. The van der Waals surface area contributed by atoms with Gasteiger partial charge in [0.05, 0.1) is 13.0 Å². The van der Waals surface area contributed by atoms with Crippen molar-refractivity contribution in [2.24, 2.45) is 0 Å². The van der Waals surface area contributed by atoms with Gasteiger partial charge in [-0.15, -0.1) is 23.2 Å². The minimum atomic E-state index is -0.647. The topological polar surface area (TPSA) is 77.1 Å². The number of rotatable bonds is 12. The van der Waals surface area contributed by atoms with Gasteiger partial charge in [0.25, 0.3) is 0 Å². The van der Waals surface area contributed by atoms with Crippen molar-refractivity contribution < 1.29 is 23.9 Å². The van der Waals surface area contributed by atoms with Gasteiger partial charge in [-0.1, -0.05) is 18.2 Å². The van der Waals surface area contributed by atoms with Crippen molar-refractivity contribution in [1.29, 1.82) is 0 Å². The second-order valence-corrected chi connectivity index (χ2v) is 10.9. The van der Waals surface area contributed by atoms with Crippen LogP contribution >= 0.6 is 23.2 Å². The van der Waals surface area contributed by atoms with E-state index in [1.54, 1.807) is 25.8 Å². The molecule has 0 bridgehead atoms. The van der Waals surface area contributed by atoms with Crippen molar-refractivity contribution in [3.05, 3.63) is 34.9 Å². The monoisotopic (exact) mass is 518 g/mol. The number of ether oxygens (including phenoxy) is 2. The van der Waals surface area contributed by atoms with E-state index in [-0.39, 0.29) is 12.4 Å². The first-order valence-corrected chi connectivity index (χ1v) is 12.6. The van der Waals surface area contributed by atoms with Crippen LogP contribution in [0.3, 0.4) is 0 Å². The van der Waals surface area contributed by atoms with E-state index >= 15 is 0 Å². The van der Waals surface area contributed by atoms with Gasteiger partial charge in [-0.05, 0) is 71.6 Å². The minimum Gasteiger partial charge on any atom is -0.460 e. The maximum Gasteiger partial charge on any atom is 0.407 e. The summed E-state index contributed by atoms with van der Waals surface area (Å²) in [6.07, 6.45) is -0.114. The Morgan fingerprint density at radius 3 is 2.12 bits per heavy atom. The van der Waals surface area contributed by atoms with Gasteiger partial charge in [0.15, 0.2) is 0 Å². The van der Waals surface area contributed by atoms with Crippen molar-refractivity contribution in [2.75, 3.05) is 24.8 Å². The smallest absolute Gasteiger partial charge is 0.407 e. The third-order valence-electron chi connectivity index (χ3n) is 4.52. The Morgan fingerprint density at radius 2 is 1.59 bits per heavy atom. The standard InChI is InChI=1S/C25H40Cl2N2O5/c1-18-8-9-19(17-32-29(12-10-26)13-11-27)14-20(18)15-21(16-22(30)33-24(2,3)4)28-23(31)34-25(5,6)7/h8-9,14,21H,10-13,15-17H2,1-7H3,(H,28,31)/t21-/m0/s1. The predicted octanol–water partition coefficient (Wildman–Crippen LogP) is 5.37. The second-order valence-electron chi connectivity index (χ2n) is 10.2. The van der Waals surface area contributed by atoms with E-state index in [1.165, 1.54) is 0 Å². The highest BCUT2D eigenvalue weighted by molar-refractivity contribution is 6.18. The number of hydroxylamine groups is 2. The number of nitrogens with zero attached hydrogens (tertiary/aromatic N) is 1. The zero-order valence-electron chi connectivity index (χ0n) is 21.5. The molecular weight excluding hydrogens is 479 g/mol. The summed E-state index contributed by atoms with van der Waals surface area (Å²) < 4.78 is 10.9. The number of carbonyl (C=O) groups is 2. The van der Waals surface area contributed by atoms with Crippen LogP contribution in [-0.4, -0.2) is 59.2 Å². The van der Waals surface area contributed by atoms with E-state index in [0.717, 1.165) is 16.7 Å². The van der Waals surface area contributed by atoms with Crippen LogP contribution in [0, 0.1) is 6.92 Å². The first kappa shape index (κ1) is 30.5. The lowest BCUT2D eigenvalue weighted by atomic mass is 9.97. The summed E-state index contributed by atoms with van der Waals surface area (Å²) in [5.74, 6) is 0.501. The molecule has 1 rings (SSSR count). The Kier molecular flexibility index (Phi) is 12.7. The predicted molar refractivity (Wildman–Crippen MR) is 136 cm³/mol. The fourth-order valence-electron chi connectivity index (χ4n) is 3.13. The molecule has 0 saturated carbocycles. The zero-order chi connectivity index (χ0) is 25.9. The van der Waals surface area contributed by atoms with E-state index in [2.05, 4.69) is 5.32 Å². The molecule has 7 nitrogen and oxygen atoms in total. The minimum absolute atomic E-state index is 0.0237. The number of alkyl halides is 2. The van der Waals surface area contributed by atoms with Crippen LogP contribution in [0.25, 0.3) is 0 Å². The average Bonchev–Trinajstić information content (AvgIpc) is 2.65. The number of aryl methyl sites for hydroxylation is 1. The van der Waals surface area contributed by atoms with Crippen LogP contribution in [0.4, 0.5) is 4.79 Å². The summed E-state index contributed by atoms with van der Waals surface area (Å²) in [5, 5.41) is 4.58. The Morgan fingerprint density at radius 1 is 1.00 bits per heavy atom. The quantitative estimate of drug-likeness (QED) is 0.227. The van der Waals surface area contributed by atoms with E-state index in [4.69, 9.17) is 37.5 Å². The highest BCUT2D eigenvalue weighted by Crippen LogP contribution is 2.18. The molecule has 0 aliphatic heterocycles. The lowest BCUT2D eigenvalue weighted by Gasteiger charge is -2.25. The number of alkyl carbamates (subject to hydrolysis) is 1. The molecule has 0 heterocycles. The maximum absolute atomic E-state index is 12.5. The zero-order valence-corrected chi connectivity index (χ0v) is 23.0. The molecule has 1 aromatic rings. The Balaban J connectivity index is 2.99. The molecule has 1 atom stereocenters. The van der Waals surface area contributed by atoms with Gasteiger partial charge in [-0.3, -0.25) is 9.63 Å². The molecule has 1 amide bonds. The molecular formula is C25H40Cl2N2O5. The SMILES string of the molecule is Cc1ccc(CON(CCCl)CCCl)cc1C[C@@H](CC(=O)OC(C)(C)C)NC(=O)OC(C)(C)C. The van der Waals surface area contributed by atoms with Crippen molar-refractivity contribution in [3.8, 4) is 0 Å². The van der Waals surface area contributed by atoms with Crippen LogP contribution in [0.5, 0.6) is 0 Å². The summed E-state index contributed by atoms with van der Waals surface area (Å²) >= 11 is 11.7. The number of benzene rings is 1. The van der Waals surface area contributed by atoms with Crippen LogP contribution < -0.4 is 5.32 Å². The van der Waals surface area contributed by atoms with Gasteiger partial charge in [-0.25, -0.2) is 4.79 Å². The largest absolute Gasteiger partial charge is 0.460 e. The number of carbonyl (C=O) groups excluding carboxylic acids is 2. The van der Waals surface area contributed by atoms with E-state index in [0.29, 0.717) is 37.9 Å². The van der Waals surface area contributed by atoms with E-state index < -0.39 is 23.3 Å². The van der Waals surface area contributed by atoms with Crippen molar-refractivity contribution in [3.63, 3.8) is 0 Å². The summed E-state index contributed by atoms with van der Waals surface area (Å²) in [6, 6.07) is 5.51. The number of nitrogens with one attached hydrogen (secondary N) is 1. The van der Waals surface area contributed by atoms with E-state index in [1.807, 2.05) is 45.9 Å². The van der Waals surface area contributed by atoms with Gasteiger partial charge >= 0.3 is 12.1 Å². The maximum atomic E-state index is 12.5. The van der Waals surface area contributed by atoms with Gasteiger partial charge in [0.1, 0.15) is 11.2 Å². The molecule has 1 aromatic carbocycles. The molecule has 0 saturated heterocycles. The summed E-state index contributed by atoms with van der Waals surface area (Å²) in [6.45, 7) is 14.3. The number of hydrogen-bond donors (Lipinski definition) is 1. The third kappa shape index (κ3) is 13.4. The van der Waals surface area contributed by atoms with Crippen LogP contribution in [0.1, 0.15) is 64.7 Å². The molecule has 0 unspecified atom stereocenters. The van der Waals surface area contributed by atoms with Crippen LogP contribution in [0.15, 0.2) is 18.2 Å². The van der Waals surface area contributed by atoms with Crippen LogP contribution in [0.2, 0.25) is 0 Å². The normalized spacial score (nSPS) is 13.0. The molecule has 34 heavy (non-hydrogen) atoms. The van der Waals surface area contributed by atoms with Crippen molar-refractivity contribution >= 4 is 35.3 Å². The van der Waals surface area contributed by atoms with E-state index in [9.17, 15) is 9.59 Å². The fraction of sp³-hybridized carbons (Fsp3) is 0.680. The highest BCUT2D eigenvalue weighted by Gasteiger charge is 2.25. The molecule has 0 radical (unpaired) electrons. The number of esters is 1. The number of halogens is 2. The second kappa shape index (κ2) is 14.1. The summed E-state index contributed by atoms with van der Waals surface area (Å²) in [4.78, 5) is 30.8. The van der Waals surface area contributed by atoms with Crippen molar-refractivity contribution in [2.45, 2.75) is 85.2 Å². The van der Waals surface area contributed by atoms with Crippen molar-refractivity contribution in [1.82, 2.24) is 10.4 Å². The fourth-order valence-corrected chi connectivity index (χ4v) is 3.51. The molecule has 0 aliphatic rings. The highest BCUT2D eigenvalue weighted by atomic mass is 35.5. The first-order valence-electron chi connectivity index (χ1n) is 11.5. The molecule has 1 N–H and O–H groups in total. The van der Waals surface area contributed by atoms with Gasteiger partial charge in [0, 0.05) is 30.9 Å². The average molecular weight is 520 g/mol. The molecule has 0 spiro atoms. The number of hydrogen-bond acceptors (Lipinski definition) is 6.